The van der Waals surface area contributed by atoms with Crippen LogP contribution in [-0.4, -0.2) is 11.3 Å². The Bertz CT molecular complexity index is 718. The molecule has 1 N–H and O–H groups in total. The van der Waals surface area contributed by atoms with Crippen molar-refractivity contribution < 1.29 is 5.11 Å². The van der Waals surface area contributed by atoms with Gasteiger partial charge in [0.05, 0.1) is 5.69 Å². The minimum absolute atomic E-state index is 0.273. The molecule has 3 rings (SSSR count). The van der Waals surface area contributed by atoms with Gasteiger partial charge in [0.2, 0.25) is 0 Å². The van der Waals surface area contributed by atoms with E-state index in [4.69, 9.17) is 0 Å². The molecular formula is C17H13NOS. The summed E-state index contributed by atoms with van der Waals surface area (Å²) >= 11 is 1.61. The number of para-hydroxylation sites is 2. The van der Waals surface area contributed by atoms with Crippen LogP contribution in [0.1, 0.15) is 5.56 Å². The van der Waals surface area contributed by atoms with Gasteiger partial charge in [0.25, 0.3) is 0 Å². The summed E-state index contributed by atoms with van der Waals surface area (Å²) in [6.07, 6.45) is 1.70. The van der Waals surface area contributed by atoms with Gasteiger partial charge in [0, 0.05) is 22.2 Å². The van der Waals surface area contributed by atoms with Crippen LogP contribution in [0.3, 0.4) is 0 Å². The maximum atomic E-state index is 10.4. The molecule has 98 valence electrons. The Kier molecular flexibility index (Phi) is 3.61. The lowest BCUT2D eigenvalue weighted by Crippen LogP contribution is -1.84. The maximum absolute atomic E-state index is 10.4. The third kappa shape index (κ3) is 2.63. The van der Waals surface area contributed by atoms with E-state index in [0.29, 0.717) is 0 Å². The topological polar surface area (TPSA) is 32.6 Å². The summed E-state index contributed by atoms with van der Waals surface area (Å²) in [5.74, 6) is 0.273. The van der Waals surface area contributed by atoms with E-state index in [1.165, 1.54) is 0 Å². The zero-order chi connectivity index (χ0) is 13.8. The molecule has 0 aliphatic rings. The second-order valence-electron chi connectivity index (χ2n) is 4.31. The van der Waals surface area contributed by atoms with Crippen molar-refractivity contribution in [2.24, 2.45) is 4.99 Å². The van der Waals surface area contributed by atoms with Gasteiger partial charge in [-0.05, 0) is 35.7 Å². The summed E-state index contributed by atoms with van der Waals surface area (Å²) < 4.78 is 0. The quantitative estimate of drug-likeness (QED) is 0.681. The summed E-state index contributed by atoms with van der Waals surface area (Å²) in [7, 11) is 0. The molecule has 0 amide bonds. The van der Waals surface area contributed by atoms with Gasteiger partial charge in [-0.25, -0.2) is 0 Å². The lowest BCUT2D eigenvalue weighted by Gasteiger charge is -2.04. The number of phenolic OH excluding ortho intramolecular Hbond substituents is 1. The molecule has 0 aliphatic carbocycles. The van der Waals surface area contributed by atoms with Gasteiger partial charge < -0.3 is 5.11 Å². The van der Waals surface area contributed by atoms with Crippen LogP contribution in [0.5, 0.6) is 5.75 Å². The summed E-state index contributed by atoms with van der Waals surface area (Å²) in [6, 6.07) is 19.4. The van der Waals surface area contributed by atoms with E-state index in [0.717, 1.165) is 21.7 Å². The Morgan fingerprint density at radius 3 is 2.50 bits per heavy atom. The third-order valence-electron chi connectivity index (χ3n) is 2.96. The van der Waals surface area contributed by atoms with Gasteiger partial charge in [-0.3, -0.25) is 4.99 Å². The first-order valence-electron chi connectivity index (χ1n) is 6.29. The first-order chi connectivity index (χ1) is 9.84. The molecule has 0 saturated carbocycles. The Morgan fingerprint density at radius 1 is 0.900 bits per heavy atom. The molecule has 20 heavy (non-hydrogen) atoms. The molecule has 1 heterocycles. The molecule has 2 nitrogen and oxygen atoms in total. The average molecular weight is 279 g/mol. The molecular weight excluding hydrogens is 266 g/mol. The van der Waals surface area contributed by atoms with Crippen LogP contribution >= 0.6 is 11.3 Å². The van der Waals surface area contributed by atoms with Gasteiger partial charge in [0.15, 0.2) is 0 Å². The van der Waals surface area contributed by atoms with Crippen LogP contribution < -0.4 is 0 Å². The second kappa shape index (κ2) is 5.72. The summed E-state index contributed by atoms with van der Waals surface area (Å²) in [4.78, 5) is 5.43. The van der Waals surface area contributed by atoms with Gasteiger partial charge in [-0.15, -0.1) is 11.3 Å². The van der Waals surface area contributed by atoms with E-state index in [2.05, 4.69) is 4.99 Å². The number of thiophene rings is 1. The first-order valence-corrected chi connectivity index (χ1v) is 7.17. The predicted molar refractivity (Wildman–Crippen MR) is 85.1 cm³/mol. The van der Waals surface area contributed by atoms with E-state index < -0.39 is 0 Å². The zero-order valence-electron chi connectivity index (χ0n) is 10.7. The van der Waals surface area contributed by atoms with Crippen LogP contribution in [0.2, 0.25) is 0 Å². The Labute approximate surface area is 121 Å². The van der Waals surface area contributed by atoms with E-state index in [1.54, 1.807) is 17.6 Å². The monoisotopic (exact) mass is 279 g/mol. The SMILES string of the molecule is Oc1c(/C=N/c2ccccc2)cccc1-c1cccs1. The van der Waals surface area contributed by atoms with Crippen LogP contribution in [0.4, 0.5) is 5.69 Å². The number of benzene rings is 2. The molecule has 3 aromatic rings. The highest BCUT2D eigenvalue weighted by atomic mass is 32.1. The van der Waals surface area contributed by atoms with Gasteiger partial charge >= 0.3 is 0 Å². The van der Waals surface area contributed by atoms with Crippen LogP contribution in [0.15, 0.2) is 71.0 Å². The summed E-state index contributed by atoms with van der Waals surface area (Å²) in [6.45, 7) is 0. The molecule has 1 aromatic heterocycles. The normalized spacial score (nSPS) is 11.0. The van der Waals surface area contributed by atoms with Gasteiger partial charge in [-0.2, -0.15) is 0 Å². The van der Waals surface area contributed by atoms with Crippen molar-refractivity contribution in [2.45, 2.75) is 0 Å². The molecule has 0 fully saturated rings. The van der Waals surface area contributed by atoms with Gasteiger partial charge in [0.1, 0.15) is 5.75 Å². The molecule has 0 saturated heterocycles. The minimum Gasteiger partial charge on any atom is -0.507 e. The van der Waals surface area contributed by atoms with Crippen molar-refractivity contribution in [2.75, 3.05) is 0 Å². The van der Waals surface area contributed by atoms with Crippen molar-refractivity contribution in [3.63, 3.8) is 0 Å². The molecule has 0 radical (unpaired) electrons. The lowest BCUT2D eigenvalue weighted by molar-refractivity contribution is 0.476. The van der Waals surface area contributed by atoms with Crippen molar-refractivity contribution in [1.29, 1.82) is 0 Å². The standard InChI is InChI=1S/C17H13NOS/c19-17-13(12-18-14-7-2-1-3-8-14)6-4-9-15(17)16-10-5-11-20-16/h1-12,19H/b18-12+. The maximum Gasteiger partial charge on any atom is 0.132 e. The Morgan fingerprint density at radius 2 is 1.75 bits per heavy atom. The van der Waals surface area contributed by atoms with Crippen molar-refractivity contribution in [3.8, 4) is 16.2 Å². The van der Waals surface area contributed by atoms with Gasteiger partial charge in [-0.1, -0.05) is 30.3 Å². The first kappa shape index (κ1) is 12.6. The van der Waals surface area contributed by atoms with Crippen LogP contribution in [0, 0.1) is 0 Å². The van der Waals surface area contributed by atoms with Crippen molar-refractivity contribution in [1.82, 2.24) is 0 Å². The average Bonchev–Trinajstić information content (AvgIpc) is 3.01. The largest absolute Gasteiger partial charge is 0.507 e. The number of nitrogens with zero attached hydrogens (tertiary/aromatic N) is 1. The summed E-state index contributed by atoms with van der Waals surface area (Å²) in [5.41, 5.74) is 2.44. The molecule has 0 atom stereocenters. The highest BCUT2D eigenvalue weighted by Crippen LogP contribution is 2.34. The molecule has 2 aromatic carbocycles. The Hall–Kier alpha value is -2.39. The highest BCUT2D eigenvalue weighted by Gasteiger charge is 2.08. The third-order valence-corrected chi connectivity index (χ3v) is 3.87. The minimum atomic E-state index is 0.273. The molecule has 0 aliphatic heterocycles. The zero-order valence-corrected chi connectivity index (χ0v) is 11.5. The molecule has 0 unspecified atom stereocenters. The van der Waals surface area contributed by atoms with Crippen LogP contribution in [-0.2, 0) is 0 Å². The highest BCUT2D eigenvalue weighted by molar-refractivity contribution is 7.13. The number of hydrogen-bond acceptors (Lipinski definition) is 3. The molecule has 0 bridgehead atoms. The smallest absolute Gasteiger partial charge is 0.132 e. The fraction of sp³-hybridized carbons (Fsp3) is 0. The number of hydrogen-bond donors (Lipinski definition) is 1. The van der Waals surface area contributed by atoms with E-state index in [9.17, 15) is 5.11 Å². The van der Waals surface area contributed by atoms with Crippen LogP contribution in [0.25, 0.3) is 10.4 Å². The fourth-order valence-corrected chi connectivity index (χ4v) is 2.71. The summed E-state index contributed by atoms with van der Waals surface area (Å²) in [5, 5.41) is 12.4. The predicted octanol–water partition coefficient (Wildman–Crippen LogP) is 4.87. The van der Waals surface area contributed by atoms with Crippen molar-refractivity contribution >= 4 is 23.2 Å². The number of rotatable bonds is 3. The van der Waals surface area contributed by atoms with Crippen molar-refractivity contribution in [3.05, 3.63) is 71.6 Å². The molecule has 0 spiro atoms. The van der Waals surface area contributed by atoms with E-state index in [1.807, 2.05) is 66.0 Å². The number of phenols is 1. The number of aromatic hydroxyl groups is 1. The molecule has 3 heteroatoms. The number of aliphatic imine (C=N–C) groups is 1. The second-order valence-corrected chi connectivity index (χ2v) is 5.26. The van der Waals surface area contributed by atoms with E-state index >= 15 is 0 Å². The fourth-order valence-electron chi connectivity index (χ4n) is 1.95. The Balaban J connectivity index is 1.95. The lowest BCUT2D eigenvalue weighted by atomic mass is 10.1. The van der Waals surface area contributed by atoms with E-state index in [-0.39, 0.29) is 5.75 Å².